The molecule has 90 valence electrons. The van der Waals surface area contributed by atoms with Gasteiger partial charge in [-0.15, -0.1) is 0 Å². The molecule has 1 aliphatic rings. The van der Waals surface area contributed by atoms with Crippen LogP contribution >= 0.6 is 0 Å². The molecule has 3 N–H and O–H groups in total. The van der Waals surface area contributed by atoms with Crippen molar-refractivity contribution in [1.82, 2.24) is 14.9 Å². The van der Waals surface area contributed by atoms with Crippen molar-refractivity contribution in [2.24, 2.45) is 5.92 Å². The third-order valence-corrected chi connectivity index (χ3v) is 7.69. The van der Waals surface area contributed by atoms with E-state index in [2.05, 4.69) is 42.9 Å². The van der Waals surface area contributed by atoms with Crippen LogP contribution in [0, 0.1) is 5.92 Å². The summed E-state index contributed by atoms with van der Waals surface area (Å²) in [4.78, 5) is 10.9. The fourth-order valence-electron chi connectivity index (χ4n) is 2.58. The lowest BCUT2D eigenvalue weighted by molar-refractivity contribution is 0.595. The van der Waals surface area contributed by atoms with Gasteiger partial charge in [-0.05, 0) is 44.9 Å². The van der Waals surface area contributed by atoms with Crippen LogP contribution in [-0.4, -0.2) is 29.2 Å². The predicted molar refractivity (Wildman–Crippen MR) is 68.9 cm³/mol. The molecule has 0 heterocycles. The topological polar surface area (TPSA) is 36.1 Å². The zero-order valence-electron chi connectivity index (χ0n) is 10.7. The van der Waals surface area contributed by atoms with E-state index in [1.807, 2.05) is 0 Å². The maximum atomic E-state index is 3.79. The van der Waals surface area contributed by atoms with Crippen LogP contribution in [0.3, 0.4) is 0 Å². The second-order valence-electron chi connectivity index (χ2n) is 5.06. The minimum Gasteiger partial charge on any atom is -0.316 e. The van der Waals surface area contributed by atoms with Crippen molar-refractivity contribution < 1.29 is 0 Å². The number of nitrogens with one attached hydrogen (secondary N) is 3. The predicted octanol–water partition coefficient (Wildman–Crippen LogP) is 1.55. The highest BCUT2D eigenvalue weighted by Crippen LogP contribution is 2.34. The first-order valence-electron chi connectivity index (χ1n) is 6.27. The summed E-state index contributed by atoms with van der Waals surface area (Å²) in [5.74, 6) is 0.722. The van der Waals surface area contributed by atoms with Gasteiger partial charge in [-0.1, -0.05) is 26.7 Å². The summed E-state index contributed by atoms with van der Waals surface area (Å²) in [6.07, 6.45) is 5.59. The number of hydrogen-bond donors (Lipinski definition) is 3. The van der Waals surface area contributed by atoms with Crippen molar-refractivity contribution in [1.29, 1.82) is 0 Å². The van der Waals surface area contributed by atoms with E-state index in [0.717, 1.165) is 18.0 Å². The van der Waals surface area contributed by atoms with E-state index in [0.29, 0.717) is 0 Å². The van der Waals surface area contributed by atoms with Gasteiger partial charge in [0.05, 0.1) is 0 Å². The van der Waals surface area contributed by atoms with Gasteiger partial charge in [-0.25, -0.2) is 0 Å². The largest absolute Gasteiger partial charge is 0.316 e. The van der Waals surface area contributed by atoms with Crippen LogP contribution in [0.4, 0.5) is 0 Å². The summed E-state index contributed by atoms with van der Waals surface area (Å²) in [6.45, 7) is 5.66. The van der Waals surface area contributed by atoms with Gasteiger partial charge in [0, 0.05) is 0 Å². The average molecular weight is 229 g/mol. The molecule has 0 unspecified atom stereocenters. The van der Waals surface area contributed by atoms with Gasteiger partial charge < -0.3 is 14.9 Å². The van der Waals surface area contributed by atoms with Gasteiger partial charge in [0.1, 0.15) is 0 Å². The van der Waals surface area contributed by atoms with E-state index >= 15 is 0 Å². The molecule has 0 aromatic carbocycles. The van der Waals surface area contributed by atoms with Gasteiger partial charge in [0.15, 0.2) is 0 Å². The number of rotatable bonds is 6. The van der Waals surface area contributed by atoms with Crippen molar-refractivity contribution in [2.45, 2.75) is 45.1 Å². The monoisotopic (exact) mass is 229 g/mol. The lowest BCUT2D eigenvalue weighted by Crippen LogP contribution is -2.73. The molecule has 0 atom stereocenters. The highest BCUT2D eigenvalue weighted by Gasteiger charge is 2.41. The summed E-state index contributed by atoms with van der Waals surface area (Å²) in [6, 6.07) is 0. The van der Waals surface area contributed by atoms with Crippen LogP contribution in [0.25, 0.3) is 0 Å². The standard InChI is InChI=1S/C11H27N3Si/c1-10(2)9-14-15(12-3,13-4)11-7-5-6-8-11/h10-14H,5-9H2,1-4H3. The molecule has 3 nitrogen and oxygen atoms in total. The molecular formula is C11H27N3Si. The molecule has 0 amide bonds. The van der Waals surface area contributed by atoms with E-state index in [-0.39, 0.29) is 0 Å². The second kappa shape index (κ2) is 5.99. The maximum Gasteiger partial charge on any atom is 0.284 e. The number of hydrogen-bond acceptors (Lipinski definition) is 3. The molecule has 1 fully saturated rings. The van der Waals surface area contributed by atoms with Crippen molar-refractivity contribution in [3.05, 3.63) is 0 Å². The van der Waals surface area contributed by atoms with Gasteiger partial charge in [0.25, 0.3) is 8.56 Å². The van der Waals surface area contributed by atoms with Crippen LogP contribution in [-0.2, 0) is 0 Å². The smallest absolute Gasteiger partial charge is 0.284 e. The lowest BCUT2D eigenvalue weighted by atomic mass is 10.2. The zero-order chi connectivity index (χ0) is 11.3. The normalized spacial score (nSPS) is 19.0. The van der Waals surface area contributed by atoms with Crippen LogP contribution in [0.15, 0.2) is 0 Å². The minimum absolute atomic E-state index is 0.722. The van der Waals surface area contributed by atoms with Gasteiger partial charge in [-0.3, -0.25) is 0 Å². The zero-order valence-corrected chi connectivity index (χ0v) is 11.7. The fraction of sp³-hybridized carbons (Fsp3) is 1.00. The Morgan fingerprint density at radius 3 is 2.07 bits per heavy atom. The Kier molecular flexibility index (Phi) is 5.25. The van der Waals surface area contributed by atoms with Crippen LogP contribution in [0.5, 0.6) is 0 Å². The second-order valence-corrected chi connectivity index (χ2v) is 8.85. The van der Waals surface area contributed by atoms with E-state index < -0.39 is 8.56 Å². The highest BCUT2D eigenvalue weighted by atomic mass is 28.4. The molecule has 0 aromatic heterocycles. The van der Waals surface area contributed by atoms with E-state index in [1.165, 1.54) is 25.7 Å². The van der Waals surface area contributed by atoms with Gasteiger partial charge in [0.2, 0.25) is 0 Å². The van der Waals surface area contributed by atoms with E-state index in [1.54, 1.807) is 0 Å². The average Bonchev–Trinajstić information content (AvgIpc) is 2.74. The molecule has 0 aromatic rings. The molecule has 1 saturated carbocycles. The summed E-state index contributed by atoms with van der Waals surface area (Å²) < 4.78 is 0. The quantitative estimate of drug-likeness (QED) is 0.605. The molecule has 15 heavy (non-hydrogen) atoms. The molecule has 4 heteroatoms. The summed E-state index contributed by atoms with van der Waals surface area (Å²) in [5.41, 5.74) is 0.853. The molecule has 1 aliphatic carbocycles. The van der Waals surface area contributed by atoms with E-state index in [9.17, 15) is 0 Å². The molecule has 1 rings (SSSR count). The van der Waals surface area contributed by atoms with Gasteiger partial charge >= 0.3 is 0 Å². The Bertz CT molecular complexity index is 175. The first kappa shape index (κ1) is 13.2. The molecule has 0 bridgehead atoms. The Balaban J connectivity index is 2.58. The SMILES string of the molecule is CN[Si](NC)(NCC(C)C)C1CCCC1. The summed E-state index contributed by atoms with van der Waals surface area (Å²) in [7, 11) is 2.59. The third-order valence-electron chi connectivity index (χ3n) is 3.55. The van der Waals surface area contributed by atoms with Crippen LogP contribution in [0.1, 0.15) is 39.5 Å². The molecule has 0 spiro atoms. The molecule has 0 saturated heterocycles. The third kappa shape index (κ3) is 3.28. The Morgan fingerprint density at radius 1 is 1.13 bits per heavy atom. The Hall–Kier alpha value is 0.0969. The van der Waals surface area contributed by atoms with Crippen molar-refractivity contribution in [2.75, 3.05) is 20.6 Å². The summed E-state index contributed by atoms with van der Waals surface area (Å²) in [5, 5.41) is 0. The van der Waals surface area contributed by atoms with Crippen LogP contribution in [0.2, 0.25) is 5.54 Å². The van der Waals surface area contributed by atoms with Crippen molar-refractivity contribution >= 4 is 8.56 Å². The lowest BCUT2D eigenvalue weighted by Gasteiger charge is -2.36. The van der Waals surface area contributed by atoms with Crippen molar-refractivity contribution in [3.63, 3.8) is 0 Å². The van der Waals surface area contributed by atoms with Crippen LogP contribution < -0.4 is 14.9 Å². The molecular weight excluding hydrogens is 202 g/mol. The maximum absolute atomic E-state index is 3.79. The summed E-state index contributed by atoms with van der Waals surface area (Å²) >= 11 is 0. The minimum atomic E-state index is -1.62. The first-order valence-corrected chi connectivity index (χ1v) is 8.35. The first-order chi connectivity index (χ1) is 7.14. The van der Waals surface area contributed by atoms with Crippen molar-refractivity contribution in [3.8, 4) is 0 Å². The fourth-order valence-corrected chi connectivity index (χ4v) is 6.29. The van der Waals surface area contributed by atoms with Gasteiger partial charge in [-0.2, -0.15) is 0 Å². The Morgan fingerprint density at radius 2 is 1.67 bits per heavy atom. The Labute approximate surface area is 95.7 Å². The highest BCUT2D eigenvalue weighted by molar-refractivity contribution is 6.74. The molecule has 0 aliphatic heterocycles. The van der Waals surface area contributed by atoms with E-state index in [4.69, 9.17) is 0 Å². The molecule has 0 radical (unpaired) electrons.